The molecule has 0 saturated heterocycles. The van der Waals surface area contributed by atoms with Crippen LogP contribution in [0.3, 0.4) is 0 Å². The lowest BCUT2D eigenvalue weighted by molar-refractivity contribution is 0.0531. The highest BCUT2D eigenvalue weighted by Gasteiger charge is 2.24. The lowest BCUT2D eigenvalue weighted by Gasteiger charge is -2.06. The van der Waals surface area contributed by atoms with E-state index in [2.05, 4.69) is 5.32 Å². The standard InChI is InChI=1S/C15H15FN2O3S/c1-3-21-15(20)12-8(2)11(13(17)22-12)14(19)18-10-6-4-9(16)5-7-10/h4-7H,3,17H2,1-2H3,(H,18,19). The van der Waals surface area contributed by atoms with Crippen molar-refractivity contribution in [2.45, 2.75) is 13.8 Å². The van der Waals surface area contributed by atoms with Gasteiger partial charge in [0.15, 0.2) is 0 Å². The van der Waals surface area contributed by atoms with Gasteiger partial charge in [0.05, 0.1) is 17.2 Å². The van der Waals surface area contributed by atoms with Crippen LogP contribution in [0.1, 0.15) is 32.5 Å². The number of nitrogens with two attached hydrogens (primary N) is 1. The molecular weight excluding hydrogens is 307 g/mol. The SMILES string of the molecule is CCOC(=O)c1sc(N)c(C(=O)Nc2ccc(F)cc2)c1C. The van der Waals surface area contributed by atoms with Gasteiger partial charge in [-0.05, 0) is 43.7 Å². The van der Waals surface area contributed by atoms with E-state index in [0.29, 0.717) is 16.1 Å². The molecule has 116 valence electrons. The molecule has 0 radical (unpaired) electrons. The summed E-state index contributed by atoms with van der Waals surface area (Å²) in [4.78, 5) is 24.4. The Balaban J connectivity index is 2.26. The molecule has 5 nitrogen and oxygen atoms in total. The van der Waals surface area contributed by atoms with Crippen LogP contribution in [0.25, 0.3) is 0 Å². The van der Waals surface area contributed by atoms with Gasteiger partial charge in [-0.15, -0.1) is 11.3 Å². The topological polar surface area (TPSA) is 81.4 Å². The summed E-state index contributed by atoms with van der Waals surface area (Å²) in [6.45, 7) is 3.58. The Morgan fingerprint density at radius 2 is 1.95 bits per heavy atom. The maximum atomic E-state index is 12.9. The molecule has 1 aromatic carbocycles. The van der Waals surface area contributed by atoms with Crippen LogP contribution < -0.4 is 11.1 Å². The van der Waals surface area contributed by atoms with Gasteiger partial charge in [-0.25, -0.2) is 9.18 Å². The van der Waals surface area contributed by atoms with Crippen LogP contribution in [0.4, 0.5) is 15.1 Å². The third kappa shape index (κ3) is 3.25. The molecule has 1 heterocycles. The van der Waals surface area contributed by atoms with Crippen LogP contribution in [0.5, 0.6) is 0 Å². The number of esters is 1. The van der Waals surface area contributed by atoms with Crippen LogP contribution in [-0.2, 0) is 4.74 Å². The molecular formula is C15H15FN2O3S. The summed E-state index contributed by atoms with van der Waals surface area (Å²) in [7, 11) is 0. The zero-order valence-corrected chi connectivity index (χ0v) is 12.9. The number of amides is 1. The van der Waals surface area contributed by atoms with Crippen LogP contribution >= 0.6 is 11.3 Å². The number of carbonyl (C=O) groups excluding carboxylic acids is 2. The molecule has 2 rings (SSSR count). The predicted octanol–water partition coefficient (Wildman–Crippen LogP) is 3.21. The van der Waals surface area contributed by atoms with Crippen LogP contribution in [0.15, 0.2) is 24.3 Å². The van der Waals surface area contributed by atoms with E-state index < -0.39 is 17.7 Å². The highest BCUT2D eigenvalue weighted by molar-refractivity contribution is 7.18. The highest BCUT2D eigenvalue weighted by atomic mass is 32.1. The van der Waals surface area contributed by atoms with Crippen molar-refractivity contribution in [2.75, 3.05) is 17.7 Å². The summed E-state index contributed by atoms with van der Waals surface area (Å²) >= 11 is 1.01. The number of rotatable bonds is 4. The molecule has 0 aliphatic rings. The summed E-state index contributed by atoms with van der Waals surface area (Å²) in [6, 6.07) is 5.36. The van der Waals surface area contributed by atoms with Crippen LogP contribution in [0, 0.1) is 12.7 Å². The molecule has 0 bridgehead atoms. The Labute approximate surface area is 130 Å². The number of carbonyl (C=O) groups is 2. The maximum Gasteiger partial charge on any atom is 0.348 e. The van der Waals surface area contributed by atoms with Crippen molar-refractivity contribution in [1.82, 2.24) is 0 Å². The van der Waals surface area contributed by atoms with Crippen molar-refractivity contribution in [3.8, 4) is 0 Å². The summed E-state index contributed by atoms with van der Waals surface area (Å²) in [5.74, 6) is -1.35. The van der Waals surface area contributed by atoms with Crippen LogP contribution in [-0.4, -0.2) is 18.5 Å². The quantitative estimate of drug-likeness (QED) is 0.847. The largest absolute Gasteiger partial charge is 0.462 e. The van der Waals surface area contributed by atoms with E-state index in [0.717, 1.165) is 11.3 Å². The Morgan fingerprint density at radius 3 is 2.55 bits per heavy atom. The van der Waals surface area contributed by atoms with E-state index in [9.17, 15) is 14.0 Å². The first-order valence-electron chi connectivity index (χ1n) is 6.57. The number of benzene rings is 1. The third-order valence-electron chi connectivity index (χ3n) is 2.96. The van der Waals surface area contributed by atoms with E-state index >= 15 is 0 Å². The first-order chi connectivity index (χ1) is 10.4. The Bertz CT molecular complexity index is 710. The third-order valence-corrected chi connectivity index (χ3v) is 4.07. The van der Waals surface area contributed by atoms with E-state index in [1.54, 1.807) is 13.8 Å². The van der Waals surface area contributed by atoms with Crippen molar-refractivity contribution in [3.05, 3.63) is 46.1 Å². The van der Waals surface area contributed by atoms with Crippen molar-refractivity contribution < 1.29 is 18.7 Å². The summed E-state index contributed by atoms with van der Waals surface area (Å²) in [5.41, 5.74) is 6.99. The highest BCUT2D eigenvalue weighted by Crippen LogP contribution is 2.31. The molecule has 0 unspecified atom stereocenters. The molecule has 0 saturated carbocycles. The molecule has 0 atom stereocenters. The van der Waals surface area contributed by atoms with Crippen molar-refractivity contribution in [2.24, 2.45) is 0 Å². The summed E-state index contributed by atoms with van der Waals surface area (Å²) in [5, 5.41) is 2.86. The van der Waals surface area contributed by atoms with Crippen molar-refractivity contribution in [3.63, 3.8) is 0 Å². The van der Waals surface area contributed by atoms with Crippen molar-refractivity contribution in [1.29, 1.82) is 0 Å². The molecule has 22 heavy (non-hydrogen) atoms. The second-order valence-corrected chi connectivity index (χ2v) is 5.53. The number of nitrogen functional groups attached to an aromatic ring is 1. The van der Waals surface area contributed by atoms with Gasteiger partial charge in [0, 0.05) is 5.69 Å². The normalized spacial score (nSPS) is 10.3. The van der Waals surface area contributed by atoms with Gasteiger partial charge in [-0.1, -0.05) is 0 Å². The van der Waals surface area contributed by atoms with Gasteiger partial charge in [-0.2, -0.15) is 0 Å². The number of ether oxygens (including phenoxy) is 1. The number of thiophene rings is 1. The zero-order valence-electron chi connectivity index (χ0n) is 12.1. The Hall–Kier alpha value is -2.41. The monoisotopic (exact) mass is 322 g/mol. The molecule has 7 heteroatoms. The summed E-state index contributed by atoms with van der Waals surface area (Å²) < 4.78 is 17.8. The fourth-order valence-corrected chi connectivity index (χ4v) is 2.90. The molecule has 1 amide bonds. The fraction of sp³-hybridized carbons (Fsp3) is 0.200. The zero-order chi connectivity index (χ0) is 16.3. The maximum absolute atomic E-state index is 12.9. The number of anilines is 2. The van der Waals surface area contributed by atoms with E-state index in [1.165, 1.54) is 24.3 Å². The average Bonchev–Trinajstić information content (AvgIpc) is 2.77. The molecule has 3 N–H and O–H groups in total. The second-order valence-electron chi connectivity index (χ2n) is 4.48. The first kappa shape index (κ1) is 16.0. The van der Waals surface area contributed by atoms with Crippen molar-refractivity contribution >= 4 is 33.9 Å². The molecule has 0 spiro atoms. The smallest absolute Gasteiger partial charge is 0.348 e. The van der Waals surface area contributed by atoms with Gasteiger partial charge < -0.3 is 15.8 Å². The molecule has 0 fully saturated rings. The number of halogens is 1. The molecule has 2 aromatic rings. The van der Waals surface area contributed by atoms with Gasteiger partial charge in [0.2, 0.25) is 0 Å². The lowest BCUT2D eigenvalue weighted by Crippen LogP contribution is -2.14. The average molecular weight is 322 g/mol. The van der Waals surface area contributed by atoms with E-state index in [4.69, 9.17) is 10.5 Å². The minimum atomic E-state index is -0.502. The number of hydrogen-bond acceptors (Lipinski definition) is 5. The summed E-state index contributed by atoms with van der Waals surface area (Å²) in [6.07, 6.45) is 0. The Kier molecular flexibility index (Phi) is 4.77. The first-order valence-corrected chi connectivity index (χ1v) is 7.38. The van der Waals surface area contributed by atoms with E-state index in [-0.39, 0.29) is 17.2 Å². The molecule has 0 aliphatic carbocycles. The van der Waals surface area contributed by atoms with Crippen LogP contribution in [0.2, 0.25) is 0 Å². The fourth-order valence-electron chi connectivity index (χ4n) is 1.94. The van der Waals surface area contributed by atoms with E-state index in [1.807, 2.05) is 0 Å². The number of hydrogen-bond donors (Lipinski definition) is 2. The van der Waals surface area contributed by atoms with Gasteiger partial charge in [0.25, 0.3) is 5.91 Å². The van der Waals surface area contributed by atoms with Gasteiger partial charge in [-0.3, -0.25) is 4.79 Å². The van der Waals surface area contributed by atoms with Gasteiger partial charge >= 0.3 is 5.97 Å². The predicted molar refractivity (Wildman–Crippen MR) is 83.8 cm³/mol. The lowest BCUT2D eigenvalue weighted by atomic mass is 10.1. The van der Waals surface area contributed by atoms with Gasteiger partial charge in [0.1, 0.15) is 10.7 Å². The minimum absolute atomic E-state index is 0.234. The number of nitrogens with one attached hydrogen (secondary N) is 1. The second kappa shape index (κ2) is 6.57. The minimum Gasteiger partial charge on any atom is -0.462 e. The molecule has 1 aromatic heterocycles. The Morgan fingerprint density at radius 1 is 1.32 bits per heavy atom. The molecule has 0 aliphatic heterocycles.